The lowest BCUT2D eigenvalue weighted by atomic mass is 10.1. The van der Waals surface area contributed by atoms with E-state index >= 15 is 0 Å². The van der Waals surface area contributed by atoms with Crippen LogP contribution in [-0.2, 0) is 4.79 Å². The number of nitriles is 1. The fourth-order valence-corrected chi connectivity index (χ4v) is 2.29. The zero-order chi connectivity index (χ0) is 15.1. The van der Waals surface area contributed by atoms with Gasteiger partial charge in [0.15, 0.2) is 5.65 Å². The third kappa shape index (κ3) is 2.18. The highest BCUT2D eigenvalue weighted by atomic mass is 16.2. The molecular formula is C14H15N5O2. The largest absolute Gasteiger partial charge is 0.310 e. The quantitative estimate of drug-likeness (QED) is 0.888. The van der Waals surface area contributed by atoms with Gasteiger partial charge in [0, 0.05) is 12.1 Å². The molecule has 0 saturated heterocycles. The maximum atomic E-state index is 12.5. The number of H-pyrrole nitrogens is 1. The van der Waals surface area contributed by atoms with Crippen LogP contribution in [0.4, 0.5) is 5.82 Å². The summed E-state index contributed by atoms with van der Waals surface area (Å²) >= 11 is 0. The molecule has 2 heterocycles. The number of anilines is 1. The van der Waals surface area contributed by atoms with Gasteiger partial charge < -0.3 is 5.32 Å². The Kier molecular flexibility index (Phi) is 3.01. The number of nitrogens with zero attached hydrogens (tertiary/aromatic N) is 3. The van der Waals surface area contributed by atoms with Crippen LogP contribution in [0.1, 0.15) is 43.7 Å². The van der Waals surface area contributed by atoms with Crippen LogP contribution in [0, 0.1) is 17.2 Å². The minimum Gasteiger partial charge on any atom is -0.310 e. The van der Waals surface area contributed by atoms with Crippen molar-refractivity contribution in [2.75, 3.05) is 5.32 Å². The Morgan fingerprint density at radius 1 is 1.57 bits per heavy atom. The maximum Gasteiger partial charge on any atom is 0.278 e. The lowest BCUT2D eigenvalue weighted by molar-refractivity contribution is -0.117. The molecule has 0 spiro atoms. The van der Waals surface area contributed by atoms with Crippen LogP contribution in [0.3, 0.4) is 0 Å². The van der Waals surface area contributed by atoms with Crippen molar-refractivity contribution in [3.05, 3.63) is 27.7 Å². The number of fused-ring (bicyclic) bond motifs is 1. The number of rotatable bonds is 3. The Labute approximate surface area is 120 Å². The summed E-state index contributed by atoms with van der Waals surface area (Å²) in [6.07, 6.45) is 3.18. The monoisotopic (exact) mass is 285 g/mol. The number of aromatic nitrogens is 3. The number of nitrogens with one attached hydrogen (secondary N) is 2. The summed E-state index contributed by atoms with van der Waals surface area (Å²) in [5.74, 6) is 0.0855. The second-order valence-electron chi connectivity index (χ2n) is 5.56. The molecule has 3 rings (SSSR count). The SMILES string of the molecule is CC(C)c1c(NC(=O)C2CC2)nc2c(C#N)c[nH]n2c1=O. The molecule has 2 aromatic rings. The van der Waals surface area contributed by atoms with Gasteiger partial charge in [0.25, 0.3) is 5.56 Å². The highest BCUT2D eigenvalue weighted by Crippen LogP contribution is 2.31. The normalized spacial score (nSPS) is 14.4. The van der Waals surface area contributed by atoms with E-state index in [1.165, 1.54) is 10.7 Å². The molecule has 2 N–H and O–H groups in total. The molecule has 1 saturated carbocycles. The standard InChI is InChI=1S/C14H15N5O2/c1-7(2)10-11(18-13(20)8-3-4-8)17-12-9(5-15)6-16-19(12)14(10)21/h6-8,16H,3-4H2,1-2H3,(H,18,20). The Hall–Kier alpha value is -2.62. The third-order valence-corrected chi connectivity index (χ3v) is 3.58. The van der Waals surface area contributed by atoms with Crippen molar-refractivity contribution in [3.8, 4) is 6.07 Å². The highest BCUT2D eigenvalue weighted by molar-refractivity contribution is 5.94. The molecule has 1 fully saturated rings. The first-order chi connectivity index (χ1) is 10.0. The molecule has 21 heavy (non-hydrogen) atoms. The van der Waals surface area contributed by atoms with E-state index in [9.17, 15) is 9.59 Å². The summed E-state index contributed by atoms with van der Waals surface area (Å²) in [5, 5.41) is 14.5. The van der Waals surface area contributed by atoms with Gasteiger partial charge in [0.05, 0.1) is 5.56 Å². The zero-order valence-corrected chi connectivity index (χ0v) is 11.8. The number of aromatic amines is 1. The van der Waals surface area contributed by atoms with Crippen molar-refractivity contribution >= 4 is 17.4 Å². The molecule has 0 aliphatic heterocycles. The molecule has 2 aromatic heterocycles. The van der Waals surface area contributed by atoms with E-state index in [-0.39, 0.29) is 40.3 Å². The summed E-state index contributed by atoms with van der Waals surface area (Å²) in [7, 11) is 0. The van der Waals surface area contributed by atoms with Crippen molar-refractivity contribution in [3.63, 3.8) is 0 Å². The zero-order valence-electron chi connectivity index (χ0n) is 11.8. The summed E-state index contributed by atoms with van der Waals surface area (Å²) in [4.78, 5) is 28.8. The van der Waals surface area contributed by atoms with Gasteiger partial charge in [0.2, 0.25) is 5.91 Å². The van der Waals surface area contributed by atoms with E-state index in [1.54, 1.807) is 0 Å². The van der Waals surface area contributed by atoms with Gasteiger partial charge in [-0.1, -0.05) is 13.8 Å². The van der Waals surface area contributed by atoms with E-state index in [4.69, 9.17) is 5.26 Å². The third-order valence-electron chi connectivity index (χ3n) is 3.58. The van der Waals surface area contributed by atoms with Crippen molar-refractivity contribution < 1.29 is 4.79 Å². The Morgan fingerprint density at radius 2 is 2.29 bits per heavy atom. The number of carbonyl (C=O) groups is 1. The number of amides is 1. The van der Waals surface area contributed by atoms with Crippen molar-refractivity contribution in [2.45, 2.75) is 32.6 Å². The van der Waals surface area contributed by atoms with Crippen molar-refractivity contribution in [1.82, 2.24) is 14.6 Å². The van der Waals surface area contributed by atoms with Gasteiger partial charge in [-0.2, -0.15) is 9.78 Å². The van der Waals surface area contributed by atoms with Crippen LogP contribution < -0.4 is 10.9 Å². The Morgan fingerprint density at radius 3 is 2.86 bits per heavy atom. The van der Waals surface area contributed by atoms with Crippen molar-refractivity contribution in [2.24, 2.45) is 5.92 Å². The van der Waals surface area contributed by atoms with Crippen LogP contribution in [0.25, 0.3) is 5.65 Å². The summed E-state index contributed by atoms with van der Waals surface area (Å²) in [5.41, 5.74) is 0.651. The van der Waals surface area contributed by atoms with Gasteiger partial charge in [0.1, 0.15) is 17.5 Å². The minimum absolute atomic E-state index is 0.0203. The van der Waals surface area contributed by atoms with Gasteiger partial charge in [-0.25, -0.2) is 4.98 Å². The topological polar surface area (TPSA) is 103 Å². The second kappa shape index (κ2) is 4.74. The summed E-state index contributed by atoms with van der Waals surface area (Å²) < 4.78 is 1.24. The molecule has 108 valence electrons. The minimum atomic E-state index is -0.289. The summed E-state index contributed by atoms with van der Waals surface area (Å²) in [6.45, 7) is 3.73. The fourth-order valence-electron chi connectivity index (χ4n) is 2.29. The lowest BCUT2D eigenvalue weighted by Gasteiger charge is -2.12. The first-order valence-corrected chi connectivity index (χ1v) is 6.88. The van der Waals surface area contributed by atoms with E-state index in [2.05, 4.69) is 15.4 Å². The highest BCUT2D eigenvalue weighted by Gasteiger charge is 2.31. The van der Waals surface area contributed by atoms with E-state index < -0.39 is 0 Å². The molecule has 0 unspecified atom stereocenters. The number of hydrogen-bond acceptors (Lipinski definition) is 4. The maximum absolute atomic E-state index is 12.5. The Balaban J connectivity index is 2.19. The summed E-state index contributed by atoms with van der Waals surface area (Å²) in [6, 6.07) is 1.98. The predicted molar refractivity (Wildman–Crippen MR) is 76.0 cm³/mol. The smallest absolute Gasteiger partial charge is 0.278 e. The van der Waals surface area contributed by atoms with Gasteiger partial charge >= 0.3 is 0 Å². The first kappa shape index (κ1) is 13.4. The van der Waals surface area contributed by atoms with Crippen LogP contribution in [0.5, 0.6) is 0 Å². The molecule has 7 nitrogen and oxygen atoms in total. The molecule has 7 heteroatoms. The molecule has 0 atom stereocenters. The average molecular weight is 285 g/mol. The molecule has 1 aliphatic rings. The fraction of sp³-hybridized carbons (Fsp3) is 0.429. The van der Waals surface area contributed by atoms with E-state index in [0.717, 1.165) is 12.8 Å². The molecule has 0 radical (unpaired) electrons. The van der Waals surface area contributed by atoms with E-state index in [1.807, 2.05) is 19.9 Å². The number of hydrogen-bond donors (Lipinski definition) is 2. The first-order valence-electron chi connectivity index (χ1n) is 6.88. The molecule has 0 bridgehead atoms. The second-order valence-corrected chi connectivity index (χ2v) is 5.56. The van der Waals surface area contributed by atoms with Gasteiger partial charge in [-0.3, -0.25) is 14.7 Å². The molecular weight excluding hydrogens is 270 g/mol. The molecule has 1 aliphatic carbocycles. The van der Waals surface area contributed by atoms with Gasteiger partial charge in [-0.05, 0) is 18.8 Å². The van der Waals surface area contributed by atoms with Crippen LogP contribution >= 0.6 is 0 Å². The van der Waals surface area contributed by atoms with Crippen LogP contribution in [-0.4, -0.2) is 20.5 Å². The number of carbonyl (C=O) groups excluding carboxylic acids is 1. The van der Waals surface area contributed by atoms with Crippen molar-refractivity contribution in [1.29, 1.82) is 5.26 Å². The van der Waals surface area contributed by atoms with Crippen LogP contribution in [0.2, 0.25) is 0 Å². The predicted octanol–water partition coefficient (Wildman–Crippen LogP) is 1.37. The van der Waals surface area contributed by atoms with E-state index in [0.29, 0.717) is 5.56 Å². The molecule has 1 amide bonds. The molecule has 0 aromatic carbocycles. The van der Waals surface area contributed by atoms with Gasteiger partial charge in [-0.15, -0.1) is 0 Å². The Bertz CT molecular complexity index is 820. The lowest BCUT2D eigenvalue weighted by Crippen LogP contribution is -2.26. The average Bonchev–Trinajstić information content (AvgIpc) is 3.19. The van der Waals surface area contributed by atoms with Crippen LogP contribution in [0.15, 0.2) is 11.0 Å².